The molecule has 4 N–H and O–H groups in total. The van der Waals surface area contributed by atoms with E-state index in [1.54, 1.807) is 34.9 Å². The van der Waals surface area contributed by atoms with Crippen molar-refractivity contribution in [1.82, 2.24) is 9.13 Å². The molecule has 0 bridgehead atoms. The Morgan fingerprint density at radius 2 is 1.37 bits per heavy atom. The standard InChI is InChI=1S/C31H36N4O3/c1-30(2,3)22-15-21(16-23(27(22)37)31(4,5)6)26(36)18-35-25-13-8-7-12-24(25)34(29(35)33)17-19-10-9-11-20(14-19)28(32)38/h7-16,33,37H,17-18H2,1-6H3,(H2,32,38). The summed E-state index contributed by atoms with van der Waals surface area (Å²) in [5.74, 6) is -0.419. The molecule has 1 aromatic heterocycles. The number of amides is 1. The Hall–Kier alpha value is -4.13. The van der Waals surface area contributed by atoms with Crippen LogP contribution < -0.4 is 11.4 Å². The number of carbonyl (C=O) groups excluding carboxylic acids is 2. The highest BCUT2D eigenvalue weighted by molar-refractivity contribution is 5.97. The molecule has 0 unspecified atom stereocenters. The van der Waals surface area contributed by atoms with E-state index in [2.05, 4.69) is 0 Å². The third kappa shape index (κ3) is 5.14. The molecule has 1 heterocycles. The fourth-order valence-electron chi connectivity index (χ4n) is 4.79. The maximum Gasteiger partial charge on any atom is 0.248 e. The van der Waals surface area contributed by atoms with E-state index in [9.17, 15) is 14.7 Å². The zero-order valence-corrected chi connectivity index (χ0v) is 22.9. The van der Waals surface area contributed by atoms with Crippen LogP contribution in [0.3, 0.4) is 0 Å². The van der Waals surface area contributed by atoms with E-state index in [1.807, 2.05) is 76.4 Å². The van der Waals surface area contributed by atoms with Gasteiger partial charge in [0, 0.05) is 22.3 Å². The van der Waals surface area contributed by atoms with Gasteiger partial charge in [-0.15, -0.1) is 0 Å². The minimum atomic E-state index is -0.505. The van der Waals surface area contributed by atoms with Crippen molar-refractivity contribution in [2.24, 2.45) is 5.73 Å². The molecule has 4 rings (SSSR count). The average molecular weight is 513 g/mol. The Balaban J connectivity index is 1.79. The number of benzene rings is 3. The number of nitrogens with zero attached hydrogens (tertiary/aromatic N) is 2. The first kappa shape index (κ1) is 26.9. The van der Waals surface area contributed by atoms with Crippen molar-refractivity contribution in [3.63, 3.8) is 0 Å². The zero-order valence-electron chi connectivity index (χ0n) is 22.9. The molecule has 0 atom stereocenters. The molecule has 4 aromatic rings. The second-order valence-corrected chi connectivity index (χ2v) is 11.9. The monoisotopic (exact) mass is 512 g/mol. The number of hydrogen-bond donors (Lipinski definition) is 3. The van der Waals surface area contributed by atoms with Gasteiger partial charge in [-0.1, -0.05) is 65.8 Å². The first-order valence-corrected chi connectivity index (χ1v) is 12.7. The third-order valence-corrected chi connectivity index (χ3v) is 6.88. The summed E-state index contributed by atoms with van der Waals surface area (Å²) in [4.78, 5) is 25.4. The molecule has 0 saturated carbocycles. The molecule has 0 aliphatic heterocycles. The van der Waals surface area contributed by atoms with Crippen molar-refractivity contribution in [3.8, 4) is 5.75 Å². The molecule has 0 saturated heterocycles. The molecule has 0 aliphatic rings. The number of phenols is 1. The van der Waals surface area contributed by atoms with Gasteiger partial charge in [0.1, 0.15) is 5.75 Å². The number of fused-ring (bicyclic) bond motifs is 1. The molecule has 0 spiro atoms. The predicted molar refractivity (Wildman–Crippen MR) is 150 cm³/mol. The Morgan fingerprint density at radius 3 is 1.89 bits per heavy atom. The van der Waals surface area contributed by atoms with Crippen LogP contribution in [0.1, 0.15) is 78.9 Å². The average Bonchev–Trinajstić information content (AvgIpc) is 3.08. The normalized spacial score (nSPS) is 12.2. The van der Waals surface area contributed by atoms with E-state index in [0.717, 1.165) is 27.7 Å². The summed E-state index contributed by atoms with van der Waals surface area (Å²) < 4.78 is 3.52. The fourth-order valence-corrected chi connectivity index (χ4v) is 4.79. The van der Waals surface area contributed by atoms with Crippen molar-refractivity contribution in [3.05, 3.63) is 94.1 Å². The summed E-state index contributed by atoms with van der Waals surface area (Å²) >= 11 is 0. The molecule has 0 radical (unpaired) electrons. The van der Waals surface area contributed by atoms with Gasteiger partial charge in [-0.05, 0) is 52.8 Å². The van der Waals surface area contributed by atoms with Crippen molar-refractivity contribution in [1.29, 1.82) is 5.41 Å². The number of carbonyl (C=O) groups is 2. The maximum absolute atomic E-state index is 13.7. The third-order valence-electron chi connectivity index (χ3n) is 6.88. The van der Waals surface area contributed by atoms with Gasteiger partial charge in [-0.25, -0.2) is 0 Å². The molecule has 0 fully saturated rings. The van der Waals surface area contributed by atoms with Gasteiger partial charge in [0.2, 0.25) is 11.5 Å². The Bertz CT molecular complexity index is 1580. The molecule has 38 heavy (non-hydrogen) atoms. The van der Waals surface area contributed by atoms with Crippen molar-refractivity contribution < 1.29 is 14.7 Å². The molecule has 7 nitrogen and oxygen atoms in total. The predicted octanol–water partition coefficient (Wildman–Crippen LogP) is 5.25. The van der Waals surface area contributed by atoms with E-state index in [1.165, 1.54) is 0 Å². The molecule has 0 aliphatic carbocycles. The van der Waals surface area contributed by atoms with E-state index >= 15 is 0 Å². The summed E-state index contributed by atoms with van der Waals surface area (Å²) in [7, 11) is 0. The van der Waals surface area contributed by atoms with Crippen LogP contribution in [-0.4, -0.2) is 25.9 Å². The van der Waals surface area contributed by atoms with Crippen LogP contribution in [0.25, 0.3) is 11.0 Å². The Morgan fingerprint density at radius 1 is 0.816 bits per heavy atom. The van der Waals surface area contributed by atoms with Crippen molar-refractivity contribution in [2.75, 3.05) is 0 Å². The highest BCUT2D eigenvalue weighted by Gasteiger charge is 2.28. The van der Waals surface area contributed by atoms with Crippen molar-refractivity contribution in [2.45, 2.75) is 65.5 Å². The second-order valence-electron chi connectivity index (χ2n) is 11.9. The van der Waals surface area contributed by atoms with E-state index in [4.69, 9.17) is 11.1 Å². The number of nitrogens with one attached hydrogen (secondary N) is 1. The summed E-state index contributed by atoms with van der Waals surface area (Å²) in [5.41, 5.74) is 9.69. The van der Waals surface area contributed by atoms with Crippen LogP contribution >= 0.6 is 0 Å². The number of primary amides is 1. The summed E-state index contributed by atoms with van der Waals surface area (Å²) in [6, 6.07) is 18.2. The van der Waals surface area contributed by atoms with Gasteiger partial charge in [0.05, 0.1) is 24.1 Å². The first-order valence-electron chi connectivity index (χ1n) is 12.7. The maximum atomic E-state index is 13.7. The highest BCUT2D eigenvalue weighted by atomic mass is 16.3. The van der Waals surface area contributed by atoms with Crippen LogP contribution in [0, 0.1) is 5.41 Å². The minimum Gasteiger partial charge on any atom is -0.507 e. The lowest BCUT2D eigenvalue weighted by Gasteiger charge is -2.28. The van der Waals surface area contributed by atoms with E-state index < -0.39 is 5.91 Å². The van der Waals surface area contributed by atoms with Crippen molar-refractivity contribution >= 4 is 22.7 Å². The number of phenolic OH excluding ortho intramolecular Hbond substituents is 1. The first-order chi connectivity index (χ1) is 17.7. The topological polar surface area (TPSA) is 114 Å². The minimum absolute atomic E-state index is 0.0222. The van der Waals surface area contributed by atoms with Crippen LogP contribution in [0.2, 0.25) is 0 Å². The van der Waals surface area contributed by atoms with E-state index in [0.29, 0.717) is 17.7 Å². The molecular weight excluding hydrogens is 476 g/mol. The quantitative estimate of drug-likeness (QED) is 0.306. The number of aromatic hydroxyl groups is 1. The van der Waals surface area contributed by atoms with Gasteiger partial charge < -0.3 is 20.0 Å². The number of imidazole rings is 1. The number of nitrogens with two attached hydrogens (primary N) is 1. The lowest BCUT2D eigenvalue weighted by Crippen LogP contribution is -2.28. The molecule has 1 amide bonds. The molecule has 7 heteroatoms. The number of aromatic nitrogens is 2. The molecule has 3 aromatic carbocycles. The van der Waals surface area contributed by atoms with Gasteiger partial charge in [-0.2, -0.15) is 0 Å². The largest absolute Gasteiger partial charge is 0.507 e. The van der Waals surface area contributed by atoms with E-state index in [-0.39, 0.29) is 34.5 Å². The van der Waals surface area contributed by atoms with Crippen LogP contribution in [0.4, 0.5) is 0 Å². The van der Waals surface area contributed by atoms with Crippen LogP contribution in [0.15, 0.2) is 60.7 Å². The number of Topliss-reactive ketones (excluding diaryl/α,β-unsaturated/α-hetero) is 1. The molecule has 198 valence electrons. The summed E-state index contributed by atoms with van der Waals surface area (Å²) in [6.45, 7) is 12.4. The fraction of sp³-hybridized carbons (Fsp3) is 0.323. The lowest BCUT2D eigenvalue weighted by atomic mass is 9.78. The van der Waals surface area contributed by atoms with Crippen LogP contribution in [0.5, 0.6) is 5.75 Å². The molecular formula is C31H36N4O3. The van der Waals surface area contributed by atoms with Gasteiger partial charge in [-0.3, -0.25) is 15.0 Å². The lowest BCUT2D eigenvalue weighted by molar-refractivity contribution is 0.0969. The summed E-state index contributed by atoms with van der Waals surface area (Å²) in [6.07, 6.45) is 0. The highest BCUT2D eigenvalue weighted by Crippen LogP contribution is 2.40. The number of hydrogen-bond acceptors (Lipinski definition) is 4. The Kier molecular flexibility index (Phi) is 6.82. The Labute approximate surface area is 223 Å². The number of para-hydroxylation sites is 2. The number of rotatable bonds is 6. The SMILES string of the molecule is CC(C)(C)c1cc(C(=O)Cn2c(=N)n(Cc3cccc(C(N)=O)c3)c3ccccc32)cc(C(C)(C)C)c1O. The zero-order chi connectivity index (χ0) is 28.0. The van der Waals surface area contributed by atoms with Gasteiger partial charge in [0.25, 0.3) is 0 Å². The summed E-state index contributed by atoms with van der Waals surface area (Å²) in [5, 5.41) is 20.0. The van der Waals surface area contributed by atoms with Crippen LogP contribution in [-0.2, 0) is 23.9 Å². The van der Waals surface area contributed by atoms with Gasteiger partial charge >= 0.3 is 0 Å². The smallest absolute Gasteiger partial charge is 0.248 e. The number of ketones is 1. The second kappa shape index (κ2) is 9.63. The van der Waals surface area contributed by atoms with Gasteiger partial charge in [0.15, 0.2) is 5.78 Å².